The Hall–Kier alpha value is -3.55. The lowest BCUT2D eigenvalue weighted by atomic mass is 9.96. The standard InChI is InChI=1S/C35H55N3O9/c1-2-3-4-5-6-7-8-9-10-11-12-13-14-15-16-17-18-19-20-24-29(40)36-25-22-21-23-27(37-35(45)46)33(43)38-30-32(42)31(41)28(26-39)47-34(30)44/h3-4,6-7,9-10,12-13,15-16,18-19,27-28,30-32,34,37,39,41-42,44H,2,5,8,11,14,17,20-26H2,1H3,(H,36,40)(H,38,43)(H,45,46)/b4-3-,7-6-,10-9-,13-12-,16-15-,19-18-/t27-,28+,30+,31+,32+,34+/m0/s1. The normalized spacial score (nSPS) is 22.7. The zero-order chi connectivity index (χ0) is 34.7. The first-order chi connectivity index (χ1) is 22.7. The third-order valence-electron chi connectivity index (χ3n) is 7.20. The lowest BCUT2D eigenvalue weighted by molar-refractivity contribution is -0.254. The van der Waals surface area contributed by atoms with Gasteiger partial charge in [0, 0.05) is 13.0 Å². The van der Waals surface area contributed by atoms with Crippen LogP contribution in [0.1, 0.15) is 77.6 Å². The van der Waals surface area contributed by atoms with Gasteiger partial charge in [-0.1, -0.05) is 79.8 Å². The second-order valence-corrected chi connectivity index (χ2v) is 11.1. The molecule has 0 unspecified atom stereocenters. The van der Waals surface area contributed by atoms with Crippen molar-refractivity contribution in [2.75, 3.05) is 13.2 Å². The zero-order valence-electron chi connectivity index (χ0n) is 27.5. The van der Waals surface area contributed by atoms with Crippen LogP contribution in [0.15, 0.2) is 72.9 Å². The first kappa shape index (κ1) is 41.5. The fraction of sp³-hybridized carbons (Fsp3) is 0.571. The summed E-state index contributed by atoms with van der Waals surface area (Å²) in [5, 5.41) is 55.8. The van der Waals surface area contributed by atoms with Gasteiger partial charge in [-0.05, 0) is 64.2 Å². The van der Waals surface area contributed by atoms with E-state index in [0.29, 0.717) is 32.2 Å². The molecule has 1 rings (SSSR count). The van der Waals surface area contributed by atoms with Crippen LogP contribution in [0.2, 0.25) is 0 Å². The summed E-state index contributed by atoms with van der Waals surface area (Å²) in [5.74, 6) is -0.934. The van der Waals surface area contributed by atoms with Gasteiger partial charge in [-0.3, -0.25) is 9.59 Å². The predicted molar refractivity (Wildman–Crippen MR) is 181 cm³/mol. The molecule has 0 aliphatic carbocycles. The third kappa shape index (κ3) is 19.7. The molecular weight excluding hydrogens is 606 g/mol. The maximum Gasteiger partial charge on any atom is 0.405 e. The van der Waals surface area contributed by atoms with Crippen molar-refractivity contribution in [1.29, 1.82) is 0 Å². The second kappa shape index (κ2) is 26.5. The van der Waals surface area contributed by atoms with Crippen LogP contribution in [0.25, 0.3) is 0 Å². The van der Waals surface area contributed by atoms with Gasteiger partial charge in [-0.15, -0.1) is 0 Å². The summed E-state index contributed by atoms with van der Waals surface area (Å²) in [7, 11) is 0. The lowest BCUT2D eigenvalue weighted by Crippen LogP contribution is -2.65. The summed E-state index contributed by atoms with van der Waals surface area (Å²) in [6, 6.07) is -2.64. The molecule has 0 bridgehead atoms. The molecule has 0 aromatic rings. The van der Waals surface area contributed by atoms with Crippen LogP contribution < -0.4 is 16.0 Å². The topological polar surface area (TPSA) is 198 Å². The quantitative estimate of drug-likeness (QED) is 0.0598. The van der Waals surface area contributed by atoms with Crippen LogP contribution in [-0.2, 0) is 14.3 Å². The van der Waals surface area contributed by atoms with Gasteiger partial charge >= 0.3 is 6.09 Å². The van der Waals surface area contributed by atoms with Crippen molar-refractivity contribution in [1.82, 2.24) is 16.0 Å². The van der Waals surface area contributed by atoms with Crippen molar-refractivity contribution < 1.29 is 44.7 Å². The molecule has 0 saturated carbocycles. The Kier molecular flexibility index (Phi) is 23.4. The van der Waals surface area contributed by atoms with E-state index in [1.165, 1.54) is 0 Å². The van der Waals surface area contributed by atoms with Crippen molar-refractivity contribution in [2.24, 2.45) is 0 Å². The Morgan fingerprint density at radius 1 is 0.766 bits per heavy atom. The van der Waals surface area contributed by atoms with E-state index in [0.717, 1.165) is 38.5 Å². The van der Waals surface area contributed by atoms with Crippen molar-refractivity contribution >= 4 is 17.9 Å². The maximum atomic E-state index is 12.7. The molecule has 0 aromatic carbocycles. The number of carbonyl (C=O) groups is 3. The molecule has 47 heavy (non-hydrogen) atoms. The highest BCUT2D eigenvalue weighted by Gasteiger charge is 2.44. The molecule has 1 saturated heterocycles. The Labute approximate surface area is 278 Å². The van der Waals surface area contributed by atoms with Gasteiger partial charge in [0.15, 0.2) is 6.29 Å². The minimum Gasteiger partial charge on any atom is -0.465 e. The number of allylic oxidation sites excluding steroid dienone is 12. The van der Waals surface area contributed by atoms with Gasteiger partial charge in [-0.25, -0.2) is 4.79 Å². The minimum atomic E-state index is -1.72. The van der Waals surface area contributed by atoms with Gasteiger partial charge in [0.05, 0.1) is 6.61 Å². The number of rotatable bonds is 23. The molecule has 1 aliphatic heterocycles. The Morgan fingerprint density at radius 2 is 1.30 bits per heavy atom. The van der Waals surface area contributed by atoms with E-state index >= 15 is 0 Å². The van der Waals surface area contributed by atoms with Crippen LogP contribution in [0.3, 0.4) is 0 Å². The molecule has 12 heteroatoms. The third-order valence-corrected chi connectivity index (χ3v) is 7.20. The summed E-state index contributed by atoms with van der Waals surface area (Å²) in [6.45, 7) is 1.83. The average molecular weight is 662 g/mol. The molecule has 264 valence electrons. The van der Waals surface area contributed by atoms with Crippen LogP contribution in [-0.4, -0.2) is 93.3 Å². The number of ether oxygens (including phenoxy) is 1. The van der Waals surface area contributed by atoms with Crippen molar-refractivity contribution in [2.45, 2.75) is 114 Å². The monoisotopic (exact) mass is 661 g/mol. The lowest BCUT2D eigenvalue weighted by Gasteiger charge is -2.40. The van der Waals surface area contributed by atoms with Crippen molar-refractivity contribution in [3.63, 3.8) is 0 Å². The van der Waals surface area contributed by atoms with Gasteiger partial charge in [0.1, 0.15) is 30.4 Å². The molecule has 1 aliphatic rings. The Balaban J connectivity index is 2.19. The Bertz CT molecular complexity index is 1070. The van der Waals surface area contributed by atoms with E-state index < -0.39 is 55.3 Å². The number of hydrogen-bond acceptors (Lipinski definition) is 8. The van der Waals surface area contributed by atoms with Gasteiger partial charge in [0.2, 0.25) is 11.8 Å². The molecule has 1 heterocycles. The molecule has 6 atom stereocenters. The summed E-state index contributed by atoms with van der Waals surface area (Å²) in [6.07, 6.45) is 25.5. The smallest absolute Gasteiger partial charge is 0.405 e. The van der Waals surface area contributed by atoms with Gasteiger partial charge < -0.3 is 46.2 Å². The molecule has 3 amide bonds. The molecular formula is C35H55N3O9. The van der Waals surface area contributed by atoms with E-state index in [4.69, 9.17) is 9.84 Å². The van der Waals surface area contributed by atoms with E-state index in [1.807, 2.05) is 12.2 Å². The largest absolute Gasteiger partial charge is 0.465 e. The minimum absolute atomic E-state index is 0.0914. The maximum absolute atomic E-state index is 12.7. The highest BCUT2D eigenvalue weighted by atomic mass is 16.6. The SMILES string of the molecule is CC/C=C\C/C=C\C/C=C\C/C=C\C/C=C\C/C=C\CCC(=O)NCCCC[C@H](NC(=O)O)C(=O)N[C@@H]1[C@@H](O)[C@H](O)[C@@H](CO)O[C@H]1O. The number of carboxylic acid groups (broad SMARTS) is 1. The fourth-order valence-electron chi connectivity index (χ4n) is 4.58. The van der Waals surface area contributed by atoms with Crippen LogP contribution in [0, 0.1) is 0 Å². The van der Waals surface area contributed by atoms with Crippen molar-refractivity contribution in [3.05, 3.63) is 72.9 Å². The van der Waals surface area contributed by atoms with E-state index in [9.17, 15) is 34.8 Å². The molecule has 0 radical (unpaired) electrons. The van der Waals surface area contributed by atoms with Gasteiger partial charge in [-0.2, -0.15) is 0 Å². The molecule has 0 aromatic heterocycles. The summed E-state index contributed by atoms with van der Waals surface area (Å²) < 4.78 is 5.01. The summed E-state index contributed by atoms with van der Waals surface area (Å²) in [5.41, 5.74) is 0. The van der Waals surface area contributed by atoms with Crippen LogP contribution in [0.4, 0.5) is 4.79 Å². The summed E-state index contributed by atoms with van der Waals surface area (Å²) >= 11 is 0. The van der Waals surface area contributed by atoms with E-state index in [1.54, 1.807) is 0 Å². The predicted octanol–water partition coefficient (Wildman–Crippen LogP) is 3.30. The van der Waals surface area contributed by atoms with Crippen LogP contribution in [0.5, 0.6) is 0 Å². The number of carbonyl (C=O) groups excluding carboxylic acids is 2. The fourth-order valence-corrected chi connectivity index (χ4v) is 4.58. The highest BCUT2D eigenvalue weighted by Crippen LogP contribution is 2.20. The van der Waals surface area contributed by atoms with E-state index in [-0.39, 0.29) is 12.3 Å². The first-order valence-corrected chi connectivity index (χ1v) is 16.5. The van der Waals surface area contributed by atoms with Crippen LogP contribution >= 0.6 is 0 Å². The number of amides is 3. The number of unbranched alkanes of at least 4 members (excludes halogenated alkanes) is 1. The zero-order valence-corrected chi connectivity index (χ0v) is 27.5. The molecule has 12 nitrogen and oxygen atoms in total. The number of hydrogen-bond donors (Lipinski definition) is 8. The van der Waals surface area contributed by atoms with Gasteiger partial charge in [0.25, 0.3) is 0 Å². The van der Waals surface area contributed by atoms with Crippen molar-refractivity contribution in [3.8, 4) is 0 Å². The van der Waals surface area contributed by atoms with E-state index in [2.05, 4.69) is 83.6 Å². The summed E-state index contributed by atoms with van der Waals surface area (Å²) in [4.78, 5) is 36.0. The second-order valence-electron chi connectivity index (χ2n) is 11.1. The Morgan fingerprint density at radius 3 is 1.81 bits per heavy atom. The highest BCUT2D eigenvalue weighted by molar-refractivity contribution is 5.85. The number of aliphatic hydroxyl groups is 4. The number of aliphatic hydroxyl groups excluding tert-OH is 4. The first-order valence-electron chi connectivity index (χ1n) is 16.5. The molecule has 1 fully saturated rings. The average Bonchev–Trinajstić information content (AvgIpc) is 3.04. The molecule has 0 spiro atoms. The number of nitrogens with one attached hydrogen (secondary N) is 3. The molecule has 8 N–H and O–H groups in total.